The van der Waals surface area contributed by atoms with Crippen molar-refractivity contribution in [1.82, 2.24) is 19.6 Å². The van der Waals surface area contributed by atoms with Gasteiger partial charge in [-0.15, -0.1) is 11.3 Å². The number of rotatable bonds is 4. The highest BCUT2D eigenvalue weighted by Crippen LogP contribution is 2.30. The number of hydrogen-bond donors (Lipinski definition) is 2. The van der Waals surface area contributed by atoms with Gasteiger partial charge >= 0.3 is 0 Å². The number of ether oxygens (including phenoxy) is 1. The molecular weight excluding hydrogens is 386 g/mol. The lowest BCUT2D eigenvalue weighted by molar-refractivity contribution is -0.138. The monoisotopic (exact) mass is 415 g/mol. The number of thiazole rings is 1. The summed E-state index contributed by atoms with van der Waals surface area (Å²) in [7, 11) is 0. The SMILES string of the molecule is CC(C)(C)OC=O.Nc1ccccc1-c1csc2nc(CN3CCNCC3)cn12. The van der Waals surface area contributed by atoms with Crippen LogP contribution in [-0.2, 0) is 16.1 Å². The van der Waals surface area contributed by atoms with Crippen LogP contribution in [-0.4, -0.2) is 52.5 Å². The second-order valence-corrected chi connectivity index (χ2v) is 8.78. The van der Waals surface area contributed by atoms with E-state index >= 15 is 0 Å². The fraction of sp³-hybridized carbons (Fsp3) is 0.429. The van der Waals surface area contributed by atoms with Crippen LogP contribution in [0.5, 0.6) is 0 Å². The van der Waals surface area contributed by atoms with E-state index in [0.29, 0.717) is 6.47 Å². The smallest absolute Gasteiger partial charge is 0.293 e. The summed E-state index contributed by atoms with van der Waals surface area (Å²) in [4.78, 5) is 17.8. The Labute approximate surface area is 175 Å². The topological polar surface area (TPSA) is 84.9 Å². The lowest BCUT2D eigenvalue weighted by Crippen LogP contribution is -2.42. The van der Waals surface area contributed by atoms with Crippen LogP contribution in [0.25, 0.3) is 16.2 Å². The van der Waals surface area contributed by atoms with Crippen LogP contribution in [0.4, 0.5) is 5.69 Å². The molecule has 3 N–H and O–H groups in total. The molecule has 0 saturated carbocycles. The summed E-state index contributed by atoms with van der Waals surface area (Å²) in [5.74, 6) is 0. The van der Waals surface area contributed by atoms with Gasteiger partial charge in [-0.05, 0) is 26.8 Å². The van der Waals surface area contributed by atoms with E-state index in [-0.39, 0.29) is 5.60 Å². The first-order valence-electron chi connectivity index (χ1n) is 9.72. The van der Waals surface area contributed by atoms with Gasteiger partial charge < -0.3 is 15.8 Å². The number of benzene rings is 1. The van der Waals surface area contributed by atoms with E-state index in [1.54, 1.807) is 11.3 Å². The highest BCUT2D eigenvalue weighted by atomic mass is 32.1. The van der Waals surface area contributed by atoms with E-state index in [4.69, 9.17) is 10.7 Å². The maximum atomic E-state index is 9.60. The molecule has 0 spiro atoms. The van der Waals surface area contributed by atoms with Crippen molar-refractivity contribution in [3.63, 3.8) is 0 Å². The maximum absolute atomic E-state index is 9.60. The third-order valence-corrected chi connectivity index (χ3v) is 5.33. The number of imidazole rings is 1. The Morgan fingerprint density at radius 2 is 2.00 bits per heavy atom. The molecule has 0 radical (unpaired) electrons. The first-order chi connectivity index (χ1) is 13.9. The second-order valence-electron chi connectivity index (χ2n) is 7.95. The first-order valence-corrected chi connectivity index (χ1v) is 10.6. The number of nitrogen functional groups attached to an aromatic ring is 1. The molecule has 0 bridgehead atoms. The van der Waals surface area contributed by atoms with E-state index in [1.807, 2.05) is 39.0 Å². The van der Waals surface area contributed by atoms with Crippen molar-refractivity contribution < 1.29 is 9.53 Å². The average Bonchev–Trinajstić information content (AvgIpc) is 3.23. The van der Waals surface area contributed by atoms with Crippen LogP contribution in [0.1, 0.15) is 26.5 Å². The Morgan fingerprint density at radius 1 is 1.28 bits per heavy atom. The van der Waals surface area contributed by atoms with E-state index < -0.39 is 0 Å². The third kappa shape index (κ3) is 5.79. The van der Waals surface area contributed by atoms with E-state index in [9.17, 15) is 4.79 Å². The summed E-state index contributed by atoms with van der Waals surface area (Å²) in [6.07, 6.45) is 2.15. The number of aromatic nitrogens is 2. The van der Waals surface area contributed by atoms with Gasteiger partial charge in [0.25, 0.3) is 6.47 Å². The van der Waals surface area contributed by atoms with Crippen molar-refractivity contribution in [2.24, 2.45) is 0 Å². The number of hydrogen-bond acceptors (Lipinski definition) is 7. The first kappa shape index (κ1) is 21.3. The van der Waals surface area contributed by atoms with Crippen molar-refractivity contribution in [1.29, 1.82) is 0 Å². The molecule has 1 aliphatic heterocycles. The van der Waals surface area contributed by atoms with Gasteiger partial charge in [-0.1, -0.05) is 18.2 Å². The highest BCUT2D eigenvalue weighted by molar-refractivity contribution is 7.15. The van der Waals surface area contributed by atoms with Crippen molar-refractivity contribution >= 4 is 28.5 Å². The van der Waals surface area contributed by atoms with Crippen molar-refractivity contribution in [2.45, 2.75) is 32.9 Å². The quantitative estimate of drug-likeness (QED) is 0.503. The summed E-state index contributed by atoms with van der Waals surface area (Å²) in [6.45, 7) is 11.1. The number of carbonyl (C=O) groups is 1. The summed E-state index contributed by atoms with van der Waals surface area (Å²) in [5.41, 5.74) is 9.92. The molecule has 0 amide bonds. The number of anilines is 1. The lowest BCUT2D eigenvalue weighted by Gasteiger charge is -2.26. The summed E-state index contributed by atoms with van der Waals surface area (Å²) >= 11 is 1.67. The van der Waals surface area contributed by atoms with Gasteiger partial charge in [-0.3, -0.25) is 14.1 Å². The third-order valence-electron chi connectivity index (χ3n) is 4.49. The number of carbonyl (C=O) groups excluding carboxylic acids is 1. The van der Waals surface area contributed by atoms with Gasteiger partial charge in [0, 0.05) is 55.6 Å². The molecule has 0 atom stereocenters. The number of fused-ring (bicyclic) bond motifs is 1. The van der Waals surface area contributed by atoms with Crippen LogP contribution < -0.4 is 11.1 Å². The van der Waals surface area contributed by atoms with Gasteiger partial charge in [-0.25, -0.2) is 4.98 Å². The summed E-state index contributed by atoms with van der Waals surface area (Å²) < 4.78 is 6.71. The van der Waals surface area contributed by atoms with Crippen LogP contribution in [0.2, 0.25) is 0 Å². The van der Waals surface area contributed by atoms with Gasteiger partial charge in [0.2, 0.25) is 0 Å². The van der Waals surface area contributed by atoms with Crippen LogP contribution in [0, 0.1) is 0 Å². The largest absolute Gasteiger partial charge is 0.462 e. The molecule has 2 aromatic heterocycles. The zero-order valence-electron chi connectivity index (χ0n) is 17.2. The van der Waals surface area contributed by atoms with E-state index in [2.05, 4.69) is 37.0 Å². The fourth-order valence-electron chi connectivity index (χ4n) is 3.07. The summed E-state index contributed by atoms with van der Waals surface area (Å²) in [6, 6.07) is 7.99. The minimum atomic E-state index is -0.318. The Morgan fingerprint density at radius 3 is 2.62 bits per heavy atom. The molecule has 8 heteroatoms. The number of para-hydroxylation sites is 1. The van der Waals surface area contributed by atoms with Crippen LogP contribution in [0.15, 0.2) is 35.8 Å². The average molecular weight is 416 g/mol. The van der Waals surface area contributed by atoms with Gasteiger partial charge in [-0.2, -0.15) is 0 Å². The molecule has 0 aliphatic carbocycles. The normalized spacial score (nSPS) is 15.0. The Hall–Kier alpha value is -2.42. The molecule has 1 aromatic carbocycles. The lowest BCUT2D eigenvalue weighted by atomic mass is 10.1. The second kappa shape index (κ2) is 9.39. The van der Waals surface area contributed by atoms with E-state index in [0.717, 1.165) is 60.3 Å². The predicted octanol–water partition coefficient (Wildman–Crippen LogP) is 3.01. The highest BCUT2D eigenvalue weighted by Gasteiger charge is 2.15. The molecule has 3 aromatic rings. The molecule has 7 nitrogen and oxygen atoms in total. The van der Waals surface area contributed by atoms with Crippen LogP contribution >= 0.6 is 11.3 Å². The number of nitrogens with two attached hydrogens (primary N) is 1. The van der Waals surface area contributed by atoms with Gasteiger partial charge in [0.05, 0.1) is 11.4 Å². The Bertz CT molecular complexity index is 938. The minimum absolute atomic E-state index is 0.318. The molecule has 1 saturated heterocycles. The standard InChI is InChI=1S/C16H19N5S.C5H10O2/c17-14-4-2-1-3-13(14)15-11-22-16-19-12(10-21(15)16)9-20-7-5-18-6-8-20;1-5(2,3)7-4-6/h1-4,10-11,18H,5-9,17H2;4H,1-3H3. The molecule has 3 heterocycles. The van der Waals surface area contributed by atoms with Gasteiger partial charge in [0.1, 0.15) is 5.60 Å². The van der Waals surface area contributed by atoms with Crippen LogP contribution in [0.3, 0.4) is 0 Å². The Kier molecular flexibility index (Phi) is 6.89. The molecule has 156 valence electrons. The number of piperazine rings is 1. The Balaban J connectivity index is 0.000000298. The molecular formula is C21H29N5O2S. The zero-order chi connectivity index (χ0) is 20.9. The molecule has 4 rings (SSSR count). The summed E-state index contributed by atoms with van der Waals surface area (Å²) in [5, 5.41) is 5.51. The minimum Gasteiger partial charge on any atom is -0.462 e. The molecule has 1 aliphatic rings. The van der Waals surface area contributed by atoms with Crippen molar-refractivity contribution in [2.75, 3.05) is 31.9 Å². The van der Waals surface area contributed by atoms with E-state index in [1.165, 1.54) is 0 Å². The zero-order valence-corrected chi connectivity index (χ0v) is 18.0. The maximum Gasteiger partial charge on any atom is 0.293 e. The van der Waals surface area contributed by atoms with Crippen molar-refractivity contribution in [3.05, 3.63) is 41.5 Å². The number of nitrogens with zero attached hydrogens (tertiary/aromatic N) is 3. The fourth-order valence-corrected chi connectivity index (χ4v) is 3.97. The van der Waals surface area contributed by atoms with Gasteiger partial charge in [0.15, 0.2) is 4.96 Å². The molecule has 1 fully saturated rings. The predicted molar refractivity (Wildman–Crippen MR) is 118 cm³/mol. The molecule has 29 heavy (non-hydrogen) atoms. The number of nitrogens with one attached hydrogen (secondary N) is 1. The van der Waals surface area contributed by atoms with Crippen molar-refractivity contribution in [3.8, 4) is 11.3 Å². The molecule has 0 unspecified atom stereocenters.